The first-order chi connectivity index (χ1) is 14.5. The highest BCUT2D eigenvalue weighted by Crippen LogP contribution is 2.49. The molecule has 1 heterocycles. The zero-order valence-corrected chi connectivity index (χ0v) is 18.5. The highest BCUT2D eigenvalue weighted by molar-refractivity contribution is 9.10. The van der Waals surface area contributed by atoms with Gasteiger partial charge in [0.2, 0.25) is 0 Å². The Labute approximate surface area is 192 Å². The molecule has 1 aliphatic heterocycles. The number of alkyl halides is 5. The van der Waals surface area contributed by atoms with Crippen molar-refractivity contribution in [2.24, 2.45) is 0 Å². The van der Waals surface area contributed by atoms with Crippen molar-refractivity contribution in [3.8, 4) is 0 Å². The summed E-state index contributed by atoms with van der Waals surface area (Å²) in [6.07, 6.45) is -6.59. The van der Waals surface area contributed by atoms with Gasteiger partial charge in [-0.05, 0) is 56.0 Å². The van der Waals surface area contributed by atoms with Gasteiger partial charge in [0.25, 0.3) is 6.43 Å². The van der Waals surface area contributed by atoms with Crippen molar-refractivity contribution in [3.05, 3.63) is 86.0 Å². The normalized spacial score (nSPS) is 19.1. The highest BCUT2D eigenvalue weighted by atomic mass is 79.9. The predicted octanol–water partition coefficient (Wildman–Crippen LogP) is 8.85. The second-order valence-electron chi connectivity index (χ2n) is 7.09. The fourth-order valence-electron chi connectivity index (χ4n) is 3.75. The summed E-state index contributed by atoms with van der Waals surface area (Å²) in [5.41, 5.74) is -2.05. The molecule has 1 atom stereocenters. The maximum Gasteiger partial charge on any atom is 0.417 e. The van der Waals surface area contributed by atoms with E-state index in [0.29, 0.717) is 21.0 Å². The molecule has 0 spiro atoms. The lowest BCUT2D eigenvalue weighted by Crippen LogP contribution is -2.34. The van der Waals surface area contributed by atoms with Gasteiger partial charge < -0.3 is 4.74 Å². The van der Waals surface area contributed by atoms with Crippen LogP contribution in [0, 0.1) is 0 Å². The fraction of sp³-hybridized carbons (Fsp3) is 0.182. The average molecular weight is 538 g/mol. The van der Waals surface area contributed by atoms with Crippen LogP contribution in [-0.2, 0) is 16.5 Å². The molecule has 3 aromatic rings. The van der Waals surface area contributed by atoms with Gasteiger partial charge in [0.1, 0.15) is 0 Å². The number of hydrogen-bond acceptors (Lipinski definition) is 1. The summed E-state index contributed by atoms with van der Waals surface area (Å²) >= 11 is 15.4. The van der Waals surface area contributed by atoms with Gasteiger partial charge in [-0.3, -0.25) is 0 Å². The molecule has 0 fully saturated rings. The third kappa shape index (κ3) is 3.81. The number of hydrogen-bond donors (Lipinski definition) is 0. The fourth-order valence-corrected chi connectivity index (χ4v) is 4.47. The Bertz CT molecular complexity index is 1190. The second-order valence-corrected chi connectivity index (χ2v) is 8.69. The van der Waals surface area contributed by atoms with Crippen LogP contribution in [0.5, 0.6) is 0 Å². The molecule has 0 saturated carbocycles. The Morgan fingerprint density at radius 1 is 0.968 bits per heavy atom. The molecule has 3 aromatic carbocycles. The van der Waals surface area contributed by atoms with E-state index in [9.17, 15) is 22.0 Å². The van der Waals surface area contributed by atoms with Gasteiger partial charge in [0.15, 0.2) is 5.60 Å². The molecule has 0 aromatic heterocycles. The lowest BCUT2D eigenvalue weighted by Gasteiger charge is -2.29. The Hall–Kier alpha value is -1.83. The molecule has 1 nitrogen and oxygen atoms in total. The summed E-state index contributed by atoms with van der Waals surface area (Å²) in [4.78, 5) is 0. The van der Waals surface area contributed by atoms with Crippen molar-refractivity contribution in [1.29, 1.82) is 0 Å². The van der Waals surface area contributed by atoms with Crippen LogP contribution in [0.3, 0.4) is 0 Å². The quantitative estimate of drug-likeness (QED) is 0.239. The minimum Gasteiger partial charge on any atom is -0.483 e. The second kappa shape index (κ2) is 7.94. The number of rotatable bonds is 3. The van der Waals surface area contributed by atoms with Crippen LogP contribution >= 0.6 is 39.1 Å². The molecule has 1 unspecified atom stereocenters. The number of ether oxygens (including phenoxy) is 1. The van der Waals surface area contributed by atoms with Gasteiger partial charge in [0.05, 0.1) is 26.3 Å². The van der Waals surface area contributed by atoms with E-state index in [2.05, 4.69) is 15.9 Å². The van der Waals surface area contributed by atoms with Crippen LogP contribution in [0.1, 0.15) is 23.1 Å². The molecule has 1 aliphatic rings. The van der Waals surface area contributed by atoms with Gasteiger partial charge in [-0.2, -0.15) is 13.2 Å². The van der Waals surface area contributed by atoms with Gasteiger partial charge in [-0.25, -0.2) is 8.78 Å². The Kier molecular flexibility index (Phi) is 5.73. The SMILES string of the molecule is FC(F)C1(c2cc(Cl)c(Br)c(Cl)c2)CC(c2ccc(C(F)(F)F)c3ccccc23)=CO1. The Balaban J connectivity index is 1.81. The van der Waals surface area contributed by atoms with Crippen LogP contribution in [0.25, 0.3) is 16.3 Å². The van der Waals surface area contributed by atoms with E-state index < -0.39 is 23.8 Å². The van der Waals surface area contributed by atoms with Crippen molar-refractivity contribution in [2.75, 3.05) is 0 Å². The maximum absolute atomic E-state index is 14.3. The Morgan fingerprint density at radius 2 is 1.58 bits per heavy atom. The van der Waals surface area contributed by atoms with Gasteiger partial charge >= 0.3 is 6.18 Å². The van der Waals surface area contributed by atoms with Gasteiger partial charge in [-0.1, -0.05) is 53.5 Å². The van der Waals surface area contributed by atoms with E-state index in [1.165, 1.54) is 42.7 Å². The molecule has 0 aliphatic carbocycles. The lowest BCUT2D eigenvalue weighted by molar-refractivity contribution is -0.136. The molecule has 0 radical (unpaired) electrons. The zero-order chi connectivity index (χ0) is 22.6. The van der Waals surface area contributed by atoms with Crippen molar-refractivity contribution in [1.82, 2.24) is 0 Å². The summed E-state index contributed by atoms with van der Waals surface area (Å²) in [6, 6.07) is 10.9. The number of fused-ring (bicyclic) bond motifs is 1. The smallest absolute Gasteiger partial charge is 0.417 e. The average Bonchev–Trinajstić information content (AvgIpc) is 3.16. The number of halogens is 8. The molecule has 31 heavy (non-hydrogen) atoms. The first-order valence-corrected chi connectivity index (χ1v) is 10.5. The van der Waals surface area contributed by atoms with E-state index >= 15 is 0 Å². The summed E-state index contributed by atoms with van der Waals surface area (Å²) in [6.45, 7) is 0. The topological polar surface area (TPSA) is 9.23 Å². The van der Waals surface area contributed by atoms with Crippen LogP contribution in [0.4, 0.5) is 22.0 Å². The lowest BCUT2D eigenvalue weighted by atomic mass is 9.85. The third-order valence-electron chi connectivity index (χ3n) is 5.26. The van der Waals surface area contributed by atoms with E-state index in [4.69, 9.17) is 27.9 Å². The minimum absolute atomic E-state index is 0.0160. The summed E-state index contributed by atoms with van der Waals surface area (Å²) < 4.78 is 74.6. The van der Waals surface area contributed by atoms with Gasteiger partial charge in [-0.15, -0.1) is 0 Å². The van der Waals surface area contributed by atoms with E-state index in [0.717, 1.165) is 6.07 Å². The predicted molar refractivity (Wildman–Crippen MR) is 114 cm³/mol. The molecule has 162 valence electrons. The molecular formula is C22H12BrCl2F5O. The van der Waals surface area contributed by atoms with Crippen LogP contribution in [-0.4, -0.2) is 6.43 Å². The highest BCUT2D eigenvalue weighted by Gasteiger charge is 2.48. The first-order valence-electron chi connectivity index (χ1n) is 8.94. The standard InChI is InChI=1S/C22H12BrCl2F5O/c23-19-17(24)7-12(8-18(19)25)21(20(26)27)9-11(10-31-21)13-5-6-16(22(28,29)30)15-4-2-1-3-14(13)15/h1-8,10,20H,9H2. The van der Waals surface area contributed by atoms with Crippen molar-refractivity contribution >= 4 is 55.5 Å². The maximum atomic E-state index is 14.3. The van der Waals surface area contributed by atoms with E-state index in [1.807, 2.05) is 0 Å². The number of benzene rings is 3. The molecule has 0 bridgehead atoms. The first kappa shape index (κ1) is 22.4. The summed E-state index contributed by atoms with van der Waals surface area (Å²) in [5.74, 6) is 0. The molecule has 0 N–H and O–H groups in total. The summed E-state index contributed by atoms with van der Waals surface area (Å²) in [5, 5.41) is 0.556. The summed E-state index contributed by atoms with van der Waals surface area (Å²) in [7, 11) is 0. The van der Waals surface area contributed by atoms with Crippen molar-refractivity contribution < 1.29 is 26.7 Å². The third-order valence-corrected chi connectivity index (χ3v) is 7.17. The van der Waals surface area contributed by atoms with E-state index in [-0.39, 0.29) is 27.4 Å². The molecule has 9 heteroatoms. The van der Waals surface area contributed by atoms with Crippen molar-refractivity contribution in [2.45, 2.75) is 24.6 Å². The largest absolute Gasteiger partial charge is 0.483 e. The molecule has 4 rings (SSSR count). The zero-order valence-electron chi connectivity index (χ0n) is 15.4. The minimum atomic E-state index is -4.55. The van der Waals surface area contributed by atoms with Crippen LogP contribution < -0.4 is 0 Å². The monoisotopic (exact) mass is 536 g/mol. The Morgan fingerprint density at radius 3 is 2.16 bits per heavy atom. The van der Waals surface area contributed by atoms with Gasteiger partial charge in [0, 0.05) is 12.0 Å². The van der Waals surface area contributed by atoms with Crippen LogP contribution in [0.2, 0.25) is 10.0 Å². The molecule has 0 amide bonds. The molecular weight excluding hydrogens is 526 g/mol. The van der Waals surface area contributed by atoms with E-state index in [1.54, 1.807) is 6.07 Å². The van der Waals surface area contributed by atoms with Crippen molar-refractivity contribution in [3.63, 3.8) is 0 Å². The van der Waals surface area contributed by atoms with Crippen LogP contribution in [0.15, 0.2) is 59.3 Å². The molecule has 0 saturated heterocycles.